The van der Waals surface area contributed by atoms with Crippen LogP contribution in [0.2, 0.25) is 5.02 Å². The van der Waals surface area contributed by atoms with Crippen LogP contribution in [-0.4, -0.2) is 71.6 Å². The average molecular weight is 640 g/mol. The van der Waals surface area contributed by atoms with Crippen molar-refractivity contribution in [1.29, 1.82) is 10.5 Å². The second-order valence-electron chi connectivity index (χ2n) is 11.4. The number of fused-ring (bicyclic) bond motifs is 3. The molecule has 3 saturated heterocycles. The van der Waals surface area contributed by atoms with Gasteiger partial charge in [-0.25, -0.2) is 13.2 Å². The number of hydrogen-bond acceptors (Lipinski definition) is 10. The number of nitrogens with zero attached hydrogens (tertiary/aromatic N) is 5. The molecule has 0 bridgehead atoms. The number of ether oxygens (including phenoxy) is 2. The molecule has 226 valence electrons. The van der Waals surface area contributed by atoms with Gasteiger partial charge < -0.3 is 20.5 Å². The van der Waals surface area contributed by atoms with Gasteiger partial charge in [0.25, 0.3) is 0 Å². The zero-order valence-corrected chi connectivity index (χ0v) is 24.7. The summed E-state index contributed by atoms with van der Waals surface area (Å²) >= 11 is 7.74. The maximum absolute atomic E-state index is 14.8. The van der Waals surface area contributed by atoms with Gasteiger partial charge in [0.1, 0.15) is 41.8 Å². The fraction of sp³-hybridized carbons (Fsp3) is 0.400. The number of thiophene rings is 1. The first-order chi connectivity index (χ1) is 21.2. The van der Waals surface area contributed by atoms with Crippen molar-refractivity contribution >= 4 is 48.9 Å². The molecule has 0 aliphatic carbocycles. The number of rotatable bonds is 6. The Morgan fingerprint density at radius 2 is 2.02 bits per heavy atom. The lowest BCUT2D eigenvalue weighted by molar-refractivity contribution is 0.104. The van der Waals surface area contributed by atoms with Crippen LogP contribution in [0.1, 0.15) is 30.4 Å². The fourth-order valence-electron chi connectivity index (χ4n) is 6.75. The third-order valence-electron chi connectivity index (χ3n) is 8.78. The molecule has 3 aliphatic rings. The molecule has 3 aliphatic heterocycles. The largest absolute Gasteiger partial charge is 0.469 e. The number of halogens is 4. The number of benzene rings is 2. The van der Waals surface area contributed by atoms with Gasteiger partial charge in [0.15, 0.2) is 6.17 Å². The van der Waals surface area contributed by atoms with Crippen molar-refractivity contribution in [2.75, 3.05) is 38.5 Å². The van der Waals surface area contributed by atoms with Gasteiger partial charge in [0.2, 0.25) is 5.88 Å². The Labute approximate surface area is 258 Å². The summed E-state index contributed by atoms with van der Waals surface area (Å²) in [6.07, 6.45) is -1.12. The van der Waals surface area contributed by atoms with Crippen molar-refractivity contribution in [2.24, 2.45) is 0 Å². The molecule has 2 aromatic heterocycles. The Kier molecular flexibility index (Phi) is 7.17. The van der Waals surface area contributed by atoms with E-state index in [1.807, 2.05) is 6.07 Å². The van der Waals surface area contributed by atoms with E-state index in [0.717, 1.165) is 30.7 Å². The number of alkyl halides is 2. The second kappa shape index (κ2) is 10.9. The molecule has 14 heteroatoms. The van der Waals surface area contributed by atoms with E-state index in [2.05, 4.69) is 26.3 Å². The lowest BCUT2D eigenvalue weighted by Gasteiger charge is -2.30. The van der Waals surface area contributed by atoms with E-state index in [1.54, 1.807) is 0 Å². The van der Waals surface area contributed by atoms with Gasteiger partial charge in [-0.05, 0) is 37.1 Å². The van der Waals surface area contributed by atoms with Crippen molar-refractivity contribution in [1.82, 2.24) is 20.2 Å². The Balaban J connectivity index is 1.41. The van der Waals surface area contributed by atoms with Crippen molar-refractivity contribution in [3.8, 4) is 35.2 Å². The fourth-order valence-corrected chi connectivity index (χ4v) is 8.01. The van der Waals surface area contributed by atoms with E-state index < -0.39 is 29.8 Å². The Bertz CT molecular complexity index is 1910. The van der Waals surface area contributed by atoms with Crippen molar-refractivity contribution < 1.29 is 22.6 Å². The summed E-state index contributed by atoms with van der Waals surface area (Å²) in [5.74, 6) is -0.594. The summed E-state index contributed by atoms with van der Waals surface area (Å²) in [6, 6.07) is 8.23. The number of hydrogen-bond donors (Lipinski definition) is 2. The minimum atomic E-state index is -1.30. The molecule has 2 aromatic carbocycles. The van der Waals surface area contributed by atoms with Crippen LogP contribution >= 0.6 is 22.9 Å². The van der Waals surface area contributed by atoms with Crippen molar-refractivity contribution in [3.05, 3.63) is 40.2 Å². The number of nitrogens with two attached hydrogens (primary N) is 1. The first-order valence-corrected chi connectivity index (χ1v) is 15.3. The molecule has 0 amide bonds. The van der Waals surface area contributed by atoms with Gasteiger partial charge in [0, 0.05) is 37.0 Å². The van der Waals surface area contributed by atoms with E-state index in [1.165, 1.54) is 18.2 Å². The SMILES string of the molecule is N#Cc1c(-c2ccc(F)c3sc(N)c(C#N)c23)c(Cl)cc2c(OC3CNCC3F)nc(OCC34CCCN3CC(F)C4)nc12. The predicted molar refractivity (Wildman–Crippen MR) is 160 cm³/mol. The molecule has 3 N–H and O–H groups in total. The highest BCUT2D eigenvalue weighted by molar-refractivity contribution is 7.23. The molecule has 0 saturated carbocycles. The molecule has 0 radical (unpaired) electrons. The van der Waals surface area contributed by atoms with Crippen molar-refractivity contribution in [3.63, 3.8) is 0 Å². The van der Waals surface area contributed by atoms with Crippen LogP contribution in [0.3, 0.4) is 0 Å². The molecular weight excluding hydrogens is 615 g/mol. The zero-order chi connectivity index (χ0) is 30.7. The summed E-state index contributed by atoms with van der Waals surface area (Å²) in [6.45, 7) is 1.58. The Hall–Kier alpha value is -3.88. The van der Waals surface area contributed by atoms with E-state index in [0.29, 0.717) is 18.5 Å². The molecule has 7 rings (SSSR count). The van der Waals surface area contributed by atoms with Crippen LogP contribution in [-0.2, 0) is 0 Å². The average Bonchev–Trinajstić information content (AvgIpc) is 3.74. The lowest BCUT2D eigenvalue weighted by Crippen LogP contribution is -2.43. The highest BCUT2D eigenvalue weighted by atomic mass is 35.5. The van der Waals surface area contributed by atoms with E-state index >= 15 is 0 Å². The minimum absolute atomic E-state index is 0.00198. The van der Waals surface area contributed by atoms with E-state index in [4.69, 9.17) is 26.8 Å². The van der Waals surface area contributed by atoms with Crippen LogP contribution in [0.15, 0.2) is 18.2 Å². The molecule has 3 fully saturated rings. The second-order valence-corrected chi connectivity index (χ2v) is 12.8. The van der Waals surface area contributed by atoms with Crippen LogP contribution in [0, 0.1) is 28.5 Å². The Morgan fingerprint density at radius 3 is 2.77 bits per heavy atom. The summed E-state index contributed by atoms with van der Waals surface area (Å²) in [5, 5.41) is 24.0. The van der Waals surface area contributed by atoms with Gasteiger partial charge in [-0.2, -0.15) is 20.5 Å². The highest BCUT2D eigenvalue weighted by Gasteiger charge is 2.49. The number of anilines is 1. The summed E-state index contributed by atoms with van der Waals surface area (Å²) in [7, 11) is 0. The predicted octanol–water partition coefficient (Wildman–Crippen LogP) is 5.27. The quantitative estimate of drug-likeness (QED) is 0.289. The smallest absolute Gasteiger partial charge is 0.320 e. The van der Waals surface area contributed by atoms with Gasteiger partial charge in [-0.15, -0.1) is 11.3 Å². The summed E-state index contributed by atoms with van der Waals surface area (Å²) in [5.41, 5.74) is 6.27. The van der Waals surface area contributed by atoms with Gasteiger partial charge >= 0.3 is 6.01 Å². The van der Waals surface area contributed by atoms with Crippen LogP contribution < -0.4 is 20.5 Å². The molecule has 4 unspecified atom stereocenters. The molecule has 44 heavy (non-hydrogen) atoms. The summed E-state index contributed by atoms with van der Waals surface area (Å²) in [4.78, 5) is 11.1. The minimum Gasteiger partial charge on any atom is -0.469 e. The highest BCUT2D eigenvalue weighted by Crippen LogP contribution is 2.46. The number of nitrogen functional groups attached to an aromatic ring is 1. The van der Waals surface area contributed by atoms with E-state index in [-0.39, 0.29) is 79.3 Å². The number of nitriles is 2. The van der Waals surface area contributed by atoms with Gasteiger partial charge in [0.05, 0.1) is 37.3 Å². The number of aromatic nitrogens is 2. The topological polar surface area (TPSA) is 133 Å². The maximum atomic E-state index is 14.8. The van der Waals surface area contributed by atoms with Gasteiger partial charge in [-0.3, -0.25) is 4.90 Å². The normalized spacial score (nSPS) is 24.9. The Morgan fingerprint density at radius 1 is 1.20 bits per heavy atom. The van der Waals surface area contributed by atoms with Crippen molar-refractivity contribution in [2.45, 2.75) is 43.2 Å². The molecule has 9 nitrogen and oxygen atoms in total. The molecule has 4 atom stereocenters. The molecule has 5 heterocycles. The van der Waals surface area contributed by atoms with Gasteiger partial charge in [-0.1, -0.05) is 17.7 Å². The zero-order valence-electron chi connectivity index (χ0n) is 23.2. The summed E-state index contributed by atoms with van der Waals surface area (Å²) < 4.78 is 56.2. The first kappa shape index (κ1) is 28.9. The standard InChI is InChI=1S/C30H25ClF3N7O2S/c31-19-6-16-25(17(8-35)23(19)15-2-3-20(33)26-24(15)18(9-36)27(37)44-26)39-29(40-28(16)43-22-11-38-10-21(22)34)42-13-30-4-1-5-41(30)12-14(32)7-30/h2-3,6,14,21-22,38H,1,4-5,7,10-13,37H2. The molecular formula is C30H25ClF3N7O2S. The third kappa shape index (κ3) is 4.58. The van der Waals surface area contributed by atoms with Crippen LogP contribution in [0.5, 0.6) is 11.9 Å². The van der Waals surface area contributed by atoms with E-state index in [9.17, 15) is 23.7 Å². The number of nitrogens with one attached hydrogen (secondary N) is 1. The third-order valence-corrected chi connectivity index (χ3v) is 10.1. The monoisotopic (exact) mass is 639 g/mol. The van der Waals surface area contributed by atoms with Crippen LogP contribution in [0.25, 0.3) is 32.1 Å². The first-order valence-electron chi connectivity index (χ1n) is 14.1. The van der Waals surface area contributed by atoms with Crippen LogP contribution in [0.4, 0.5) is 18.2 Å². The molecule has 4 aromatic rings. The molecule has 0 spiro atoms. The maximum Gasteiger partial charge on any atom is 0.320 e. The lowest BCUT2D eigenvalue weighted by atomic mass is 9.93.